The number of hydrogen-bond acceptors (Lipinski definition) is 0. The fourth-order valence-electron chi connectivity index (χ4n) is 3.40. The molecular weight excluding hydrogens is 252 g/mol. The van der Waals surface area contributed by atoms with Crippen LogP contribution in [-0.4, -0.2) is 0 Å². The molecule has 128 valence electrons. The van der Waals surface area contributed by atoms with Crippen molar-refractivity contribution >= 4 is 0 Å². The largest absolute Gasteiger partial charge is 0.0651 e. The Morgan fingerprint density at radius 1 is 0.619 bits per heavy atom. The molecule has 0 saturated heterocycles. The molecule has 0 spiro atoms. The van der Waals surface area contributed by atoms with Crippen molar-refractivity contribution in [2.45, 2.75) is 106 Å². The van der Waals surface area contributed by atoms with Crippen molar-refractivity contribution in [1.82, 2.24) is 0 Å². The lowest BCUT2D eigenvalue weighted by Crippen LogP contribution is -2.15. The molecule has 0 amide bonds. The third kappa shape index (κ3) is 11.2. The first-order chi connectivity index (χ1) is 9.90. The molecule has 0 aromatic rings. The Bertz CT molecular complexity index is 218. The third-order valence-corrected chi connectivity index (χ3v) is 5.60. The Kier molecular flexibility index (Phi) is 12.5. The van der Waals surface area contributed by atoms with Gasteiger partial charge >= 0.3 is 0 Å². The molecule has 0 aliphatic heterocycles. The van der Waals surface area contributed by atoms with E-state index in [0.717, 1.165) is 29.6 Å². The van der Waals surface area contributed by atoms with Crippen LogP contribution in [0.5, 0.6) is 0 Å². The Hall–Kier alpha value is 0. The maximum absolute atomic E-state index is 2.47. The quantitative estimate of drug-likeness (QED) is 0.326. The zero-order chi connectivity index (χ0) is 16.3. The Labute approximate surface area is 136 Å². The van der Waals surface area contributed by atoms with E-state index in [-0.39, 0.29) is 0 Å². The third-order valence-electron chi connectivity index (χ3n) is 5.60. The summed E-state index contributed by atoms with van der Waals surface area (Å²) in [5.74, 6) is 4.60. The molecule has 4 unspecified atom stereocenters. The Morgan fingerprint density at radius 2 is 1.19 bits per heavy atom. The van der Waals surface area contributed by atoms with Crippen molar-refractivity contribution < 1.29 is 0 Å². The van der Waals surface area contributed by atoms with E-state index in [2.05, 4.69) is 48.5 Å². The fraction of sp³-hybridized carbons (Fsp3) is 1.00. The smallest absolute Gasteiger partial charge is 0.0386 e. The minimum Gasteiger partial charge on any atom is -0.0651 e. The molecule has 21 heavy (non-hydrogen) atoms. The first-order valence-corrected chi connectivity index (χ1v) is 9.90. The van der Waals surface area contributed by atoms with Crippen molar-refractivity contribution in [3.63, 3.8) is 0 Å². The first kappa shape index (κ1) is 21.0. The summed E-state index contributed by atoms with van der Waals surface area (Å²) in [5.41, 5.74) is 0. The molecule has 0 nitrogen and oxygen atoms in total. The molecule has 4 atom stereocenters. The Balaban J connectivity index is 3.95. The van der Waals surface area contributed by atoms with Gasteiger partial charge in [0.25, 0.3) is 0 Å². The lowest BCUT2D eigenvalue weighted by molar-refractivity contribution is 0.252. The van der Waals surface area contributed by atoms with Crippen molar-refractivity contribution in [1.29, 1.82) is 0 Å². The van der Waals surface area contributed by atoms with Gasteiger partial charge in [0, 0.05) is 0 Å². The summed E-state index contributed by atoms with van der Waals surface area (Å²) < 4.78 is 0. The van der Waals surface area contributed by atoms with Gasteiger partial charge in [-0.3, -0.25) is 0 Å². The monoisotopic (exact) mass is 296 g/mol. The van der Waals surface area contributed by atoms with Crippen LogP contribution in [0.15, 0.2) is 0 Å². The molecule has 0 heterocycles. The fourth-order valence-corrected chi connectivity index (χ4v) is 3.40. The molecule has 0 fully saturated rings. The summed E-state index contributed by atoms with van der Waals surface area (Å²) in [6.45, 7) is 16.8. The van der Waals surface area contributed by atoms with Crippen LogP contribution >= 0.6 is 0 Å². The van der Waals surface area contributed by atoms with Gasteiger partial charge in [0.05, 0.1) is 0 Å². The second kappa shape index (κ2) is 12.5. The van der Waals surface area contributed by atoms with Gasteiger partial charge < -0.3 is 0 Å². The zero-order valence-electron chi connectivity index (χ0n) is 16.3. The van der Waals surface area contributed by atoms with Crippen LogP contribution in [0.4, 0.5) is 0 Å². The minimum absolute atomic E-state index is 0.877. The van der Waals surface area contributed by atoms with Gasteiger partial charge in [0.2, 0.25) is 0 Å². The minimum atomic E-state index is 0.877. The molecule has 0 heteroatoms. The summed E-state index contributed by atoms with van der Waals surface area (Å²) in [4.78, 5) is 0. The van der Waals surface area contributed by atoms with Crippen molar-refractivity contribution in [2.24, 2.45) is 29.6 Å². The van der Waals surface area contributed by atoms with Gasteiger partial charge in [-0.25, -0.2) is 0 Å². The number of rotatable bonds is 13. The predicted octanol–water partition coefficient (Wildman–Crippen LogP) is 7.72. The molecule has 0 bridgehead atoms. The van der Waals surface area contributed by atoms with Crippen molar-refractivity contribution in [3.05, 3.63) is 0 Å². The molecule has 0 rings (SSSR count). The molecule has 0 saturated carbocycles. The highest BCUT2D eigenvalue weighted by molar-refractivity contribution is 4.69. The maximum Gasteiger partial charge on any atom is -0.0386 e. The molecule has 0 aromatic heterocycles. The lowest BCUT2D eigenvalue weighted by atomic mass is 9.80. The van der Waals surface area contributed by atoms with Crippen LogP contribution in [0.3, 0.4) is 0 Å². The van der Waals surface area contributed by atoms with Gasteiger partial charge in [0.1, 0.15) is 0 Å². The lowest BCUT2D eigenvalue weighted by Gasteiger charge is -2.26. The SMILES string of the molecule is CCC(C)CC(CCCC(C)CCCC(C)C)C(C)CC. The highest BCUT2D eigenvalue weighted by Crippen LogP contribution is 2.30. The molecule has 0 aliphatic rings. The maximum atomic E-state index is 2.47. The van der Waals surface area contributed by atoms with Gasteiger partial charge in [-0.15, -0.1) is 0 Å². The van der Waals surface area contributed by atoms with Crippen molar-refractivity contribution in [2.75, 3.05) is 0 Å². The zero-order valence-corrected chi connectivity index (χ0v) is 16.3. The molecule has 0 aromatic carbocycles. The summed E-state index contributed by atoms with van der Waals surface area (Å²) in [6.07, 6.45) is 12.8. The van der Waals surface area contributed by atoms with Gasteiger partial charge in [-0.2, -0.15) is 0 Å². The molecule has 0 N–H and O–H groups in total. The topological polar surface area (TPSA) is 0 Å². The normalized spacial score (nSPS) is 17.7. The van der Waals surface area contributed by atoms with E-state index in [1.807, 2.05) is 0 Å². The van der Waals surface area contributed by atoms with Crippen LogP contribution in [0.2, 0.25) is 0 Å². The van der Waals surface area contributed by atoms with E-state index in [1.54, 1.807) is 0 Å². The van der Waals surface area contributed by atoms with Gasteiger partial charge in [0.15, 0.2) is 0 Å². The highest BCUT2D eigenvalue weighted by atomic mass is 14.2. The first-order valence-electron chi connectivity index (χ1n) is 9.90. The van der Waals surface area contributed by atoms with Crippen LogP contribution < -0.4 is 0 Å². The Morgan fingerprint density at radius 3 is 1.67 bits per heavy atom. The van der Waals surface area contributed by atoms with Crippen LogP contribution in [-0.2, 0) is 0 Å². The molecule has 0 aliphatic carbocycles. The van der Waals surface area contributed by atoms with Gasteiger partial charge in [-0.1, -0.05) is 99.8 Å². The average Bonchev–Trinajstić information content (AvgIpc) is 2.44. The van der Waals surface area contributed by atoms with E-state index in [0.29, 0.717) is 0 Å². The van der Waals surface area contributed by atoms with Crippen molar-refractivity contribution in [3.8, 4) is 0 Å². The van der Waals surface area contributed by atoms with E-state index in [9.17, 15) is 0 Å². The summed E-state index contributed by atoms with van der Waals surface area (Å²) >= 11 is 0. The van der Waals surface area contributed by atoms with E-state index < -0.39 is 0 Å². The molecular formula is C21H44. The van der Waals surface area contributed by atoms with E-state index in [1.165, 1.54) is 57.8 Å². The average molecular weight is 297 g/mol. The number of hydrogen-bond donors (Lipinski definition) is 0. The van der Waals surface area contributed by atoms with Gasteiger partial charge in [-0.05, 0) is 36.0 Å². The second-order valence-corrected chi connectivity index (χ2v) is 8.26. The summed E-state index contributed by atoms with van der Waals surface area (Å²) in [5, 5.41) is 0. The van der Waals surface area contributed by atoms with E-state index >= 15 is 0 Å². The van der Waals surface area contributed by atoms with Crippen LogP contribution in [0.1, 0.15) is 106 Å². The highest BCUT2D eigenvalue weighted by Gasteiger charge is 2.18. The molecule has 0 radical (unpaired) electrons. The van der Waals surface area contributed by atoms with E-state index in [4.69, 9.17) is 0 Å². The van der Waals surface area contributed by atoms with Crippen LogP contribution in [0, 0.1) is 29.6 Å². The van der Waals surface area contributed by atoms with Crippen LogP contribution in [0.25, 0.3) is 0 Å². The predicted molar refractivity (Wildman–Crippen MR) is 98.7 cm³/mol. The summed E-state index contributed by atoms with van der Waals surface area (Å²) in [6, 6.07) is 0. The second-order valence-electron chi connectivity index (χ2n) is 8.26. The summed E-state index contributed by atoms with van der Waals surface area (Å²) in [7, 11) is 0. The standard InChI is InChI=1S/C21H44/c1-8-18(5)16-21(20(7)9-2)15-11-14-19(6)13-10-12-17(3)4/h17-21H,8-16H2,1-7H3.